The van der Waals surface area contributed by atoms with Crippen LogP contribution in [0, 0.1) is 17.2 Å². The number of aromatic nitrogens is 2. The second-order valence-corrected chi connectivity index (χ2v) is 5.44. The minimum absolute atomic E-state index is 0.272. The van der Waals surface area contributed by atoms with Crippen LogP contribution in [0.1, 0.15) is 25.5 Å². The molecule has 1 N–H and O–H groups in total. The maximum Gasteiger partial charge on any atom is 0.186 e. The fourth-order valence-corrected chi connectivity index (χ4v) is 2.84. The highest BCUT2D eigenvalue weighted by Crippen LogP contribution is 2.27. The predicted octanol–water partition coefficient (Wildman–Crippen LogP) is 2.73. The fraction of sp³-hybridized carbons (Fsp3) is 0.438. The minimum Gasteiger partial charge on any atom is -0.381 e. The van der Waals surface area contributed by atoms with Crippen LogP contribution in [0.25, 0.3) is 10.9 Å². The Morgan fingerprint density at radius 2 is 2.05 bits per heavy atom. The molecule has 1 saturated heterocycles. The van der Waals surface area contributed by atoms with Gasteiger partial charge in [0.25, 0.3) is 0 Å². The van der Waals surface area contributed by atoms with Gasteiger partial charge < -0.3 is 10.1 Å². The molecule has 1 fully saturated rings. The van der Waals surface area contributed by atoms with E-state index in [1.807, 2.05) is 24.3 Å². The van der Waals surface area contributed by atoms with Gasteiger partial charge >= 0.3 is 0 Å². The summed E-state index contributed by atoms with van der Waals surface area (Å²) < 4.78 is 5.41. The van der Waals surface area contributed by atoms with Crippen molar-refractivity contribution in [2.75, 3.05) is 18.5 Å². The van der Waals surface area contributed by atoms with Gasteiger partial charge in [-0.3, -0.25) is 0 Å². The highest BCUT2D eigenvalue weighted by atomic mass is 16.5. The Morgan fingerprint density at radius 3 is 2.81 bits per heavy atom. The van der Waals surface area contributed by atoms with E-state index in [2.05, 4.69) is 28.5 Å². The Balaban J connectivity index is 1.93. The monoisotopic (exact) mass is 282 g/mol. The molecule has 0 aliphatic carbocycles. The molecule has 1 aliphatic rings. The first-order valence-electron chi connectivity index (χ1n) is 7.29. The quantitative estimate of drug-likeness (QED) is 0.937. The summed E-state index contributed by atoms with van der Waals surface area (Å²) in [5.41, 5.74) is 1.95. The summed E-state index contributed by atoms with van der Waals surface area (Å²) in [6.07, 6.45) is 2.10. The molecule has 5 heteroatoms. The standard InChI is InChI=1S/C16H18N4O/c1-11(12-6-8-21-9-7-12)18-16-13-4-2-3-5-14(13)19-20-15(16)10-17/h2-5,11-12H,6-9H2,1H3,(H,18,19). The number of nitrogens with zero attached hydrogens (tertiary/aromatic N) is 3. The molecule has 1 aromatic carbocycles. The van der Waals surface area contributed by atoms with E-state index in [0.717, 1.165) is 42.6 Å². The van der Waals surface area contributed by atoms with Crippen LogP contribution >= 0.6 is 0 Å². The summed E-state index contributed by atoms with van der Waals surface area (Å²) in [7, 11) is 0. The van der Waals surface area contributed by atoms with Gasteiger partial charge in [-0.15, -0.1) is 10.2 Å². The van der Waals surface area contributed by atoms with Crippen molar-refractivity contribution in [2.24, 2.45) is 5.92 Å². The van der Waals surface area contributed by atoms with Gasteiger partial charge in [0.05, 0.1) is 11.2 Å². The molecular weight excluding hydrogens is 264 g/mol. The number of rotatable bonds is 3. The first-order chi connectivity index (χ1) is 10.3. The van der Waals surface area contributed by atoms with E-state index in [-0.39, 0.29) is 6.04 Å². The number of benzene rings is 1. The van der Waals surface area contributed by atoms with Crippen LogP contribution in [0.4, 0.5) is 5.69 Å². The van der Waals surface area contributed by atoms with Gasteiger partial charge in [0.1, 0.15) is 6.07 Å². The van der Waals surface area contributed by atoms with Gasteiger partial charge in [-0.2, -0.15) is 5.26 Å². The SMILES string of the molecule is CC(Nc1c(C#N)nnc2ccccc12)C1CCOCC1. The molecule has 0 saturated carbocycles. The number of nitriles is 1. The van der Waals surface area contributed by atoms with E-state index < -0.39 is 0 Å². The molecular formula is C16H18N4O. The van der Waals surface area contributed by atoms with Crippen molar-refractivity contribution in [1.29, 1.82) is 5.26 Å². The molecule has 1 atom stereocenters. The number of anilines is 1. The van der Waals surface area contributed by atoms with Gasteiger partial charge in [-0.05, 0) is 31.7 Å². The van der Waals surface area contributed by atoms with Crippen molar-refractivity contribution in [1.82, 2.24) is 10.2 Å². The minimum atomic E-state index is 0.272. The zero-order chi connectivity index (χ0) is 14.7. The number of ether oxygens (including phenoxy) is 1. The van der Waals surface area contributed by atoms with Crippen molar-refractivity contribution < 1.29 is 4.74 Å². The van der Waals surface area contributed by atoms with Crippen LogP contribution < -0.4 is 5.32 Å². The van der Waals surface area contributed by atoms with Crippen LogP contribution in [-0.4, -0.2) is 29.5 Å². The molecule has 0 bridgehead atoms. The lowest BCUT2D eigenvalue weighted by molar-refractivity contribution is 0.0622. The Labute approximate surface area is 123 Å². The molecule has 1 aliphatic heterocycles. The van der Waals surface area contributed by atoms with Gasteiger partial charge in [-0.25, -0.2) is 0 Å². The smallest absolute Gasteiger partial charge is 0.186 e. The maximum absolute atomic E-state index is 9.29. The number of hydrogen-bond acceptors (Lipinski definition) is 5. The summed E-state index contributed by atoms with van der Waals surface area (Å²) in [6, 6.07) is 10.2. The topological polar surface area (TPSA) is 70.8 Å². The summed E-state index contributed by atoms with van der Waals surface area (Å²) in [5, 5.41) is 21.9. The van der Waals surface area contributed by atoms with E-state index in [1.54, 1.807) is 0 Å². The van der Waals surface area contributed by atoms with Gasteiger partial charge in [-0.1, -0.05) is 18.2 Å². The lowest BCUT2D eigenvalue weighted by atomic mass is 9.92. The first-order valence-corrected chi connectivity index (χ1v) is 7.29. The number of hydrogen-bond donors (Lipinski definition) is 1. The lowest BCUT2D eigenvalue weighted by Gasteiger charge is -2.29. The van der Waals surface area contributed by atoms with E-state index in [9.17, 15) is 5.26 Å². The molecule has 2 heterocycles. The normalized spacial score (nSPS) is 17.3. The lowest BCUT2D eigenvalue weighted by Crippen LogP contribution is -2.31. The van der Waals surface area contributed by atoms with Crippen molar-refractivity contribution in [3.8, 4) is 6.07 Å². The number of fused-ring (bicyclic) bond motifs is 1. The molecule has 1 unspecified atom stereocenters. The Kier molecular flexibility index (Phi) is 3.98. The second-order valence-electron chi connectivity index (χ2n) is 5.44. The summed E-state index contributed by atoms with van der Waals surface area (Å²) >= 11 is 0. The van der Waals surface area contributed by atoms with Gasteiger partial charge in [0.15, 0.2) is 5.69 Å². The molecule has 108 valence electrons. The van der Waals surface area contributed by atoms with Gasteiger partial charge in [0.2, 0.25) is 0 Å². The highest BCUT2D eigenvalue weighted by molar-refractivity contribution is 5.92. The predicted molar refractivity (Wildman–Crippen MR) is 80.9 cm³/mol. The summed E-state index contributed by atoms with van der Waals surface area (Å²) in [4.78, 5) is 0. The molecule has 2 aromatic rings. The zero-order valence-electron chi connectivity index (χ0n) is 12.0. The van der Waals surface area contributed by atoms with E-state index in [1.165, 1.54) is 0 Å². The third-order valence-corrected chi connectivity index (χ3v) is 4.12. The molecule has 1 aromatic heterocycles. The molecule has 0 radical (unpaired) electrons. The summed E-state index contributed by atoms with van der Waals surface area (Å²) in [5.74, 6) is 0.553. The van der Waals surface area contributed by atoms with Crippen molar-refractivity contribution >= 4 is 16.6 Å². The van der Waals surface area contributed by atoms with Crippen LogP contribution in [0.5, 0.6) is 0 Å². The highest BCUT2D eigenvalue weighted by Gasteiger charge is 2.22. The average Bonchev–Trinajstić information content (AvgIpc) is 2.56. The third kappa shape index (κ3) is 2.81. The molecule has 3 rings (SSSR count). The van der Waals surface area contributed by atoms with Crippen molar-refractivity contribution in [2.45, 2.75) is 25.8 Å². The molecule has 0 amide bonds. The third-order valence-electron chi connectivity index (χ3n) is 4.12. The van der Waals surface area contributed by atoms with Crippen LogP contribution in [-0.2, 0) is 4.74 Å². The largest absolute Gasteiger partial charge is 0.381 e. The Morgan fingerprint density at radius 1 is 1.29 bits per heavy atom. The van der Waals surface area contributed by atoms with Gasteiger partial charge in [0, 0.05) is 24.6 Å². The van der Waals surface area contributed by atoms with Crippen molar-refractivity contribution in [3.63, 3.8) is 0 Å². The van der Waals surface area contributed by atoms with E-state index in [4.69, 9.17) is 4.74 Å². The van der Waals surface area contributed by atoms with Crippen LogP contribution in [0.2, 0.25) is 0 Å². The first kappa shape index (κ1) is 13.8. The molecule has 21 heavy (non-hydrogen) atoms. The average molecular weight is 282 g/mol. The van der Waals surface area contributed by atoms with Crippen molar-refractivity contribution in [3.05, 3.63) is 30.0 Å². The maximum atomic E-state index is 9.29. The van der Waals surface area contributed by atoms with E-state index >= 15 is 0 Å². The number of nitrogens with one attached hydrogen (secondary N) is 1. The molecule has 0 spiro atoms. The Bertz CT molecular complexity index is 674. The zero-order valence-corrected chi connectivity index (χ0v) is 12.0. The molecule has 5 nitrogen and oxygen atoms in total. The fourth-order valence-electron chi connectivity index (χ4n) is 2.84. The van der Waals surface area contributed by atoms with Crippen LogP contribution in [0.15, 0.2) is 24.3 Å². The van der Waals surface area contributed by atoms with Crippen LogP contribution in [0.3, 0.4) is 0 Å². The summed E-state index contributed by atoms with van der Waals surface area (Å²) in [6.45, 7) is 3.79. The Hall–Kier alpha value is -2.19. The second kappa shape index (κ2) is 6.06. The van der Waals surface area contributed by atoms with E-state index in [0.29, 0.717) is 11.6 Å².